The Labute approximate surface area is 139 Å². The van der Waals surface area contributed by atoms with E-state index in [0.29, 0.717) is 6.04 Å². The van der Waals surface area contributed by atoms with E-state index < -0.39 is 0 Å². The van der Waals surface area contributed by atoms with E-state index in [2.05, 4.69) is 31.0 Å². The van der Waals surface area contributed by atoms with Crippen LogP contribution in [-0.2, 0) is 0 Å². The number of carbonyl (C=O) groups is 1. The lowest BCUT2D eigenvalue weighted by atomic mass is 9.85. The van der Waals surface area contributed by atoms with Gasteiger partial charge in [-0.3, -0.25) is 4.90 Å². The van der Waals surface area contributed by atoms with Gasteiger partial charge < -0.3 is 14.6 Å². The van der Waals surface area contributed by atoms with Gasteiger partial charge in [0.2, 0.25) is 0 Å². The summed E-state index contributed by atoms with van der Waals surface area (Å²) in [5.41, 5.74) is -0.0985. The number of furan rings is 1. The standard InChI is InChI=1S/C18H29N3O2/c1-18(2,3)16(15-8-5-12-23-15)19-17(22)21-11-6-10-20-9-4-7-14(20)13-21/h5,8,12,14,16H,4,6-7,9-11,13H2,1-3H3,(H,19,22)/t14-,16-/m1/s1. The van der Waals surface area contributed by atoms with Gasteiger partial charge in [0.25, 0.3) is 0 Å². The first kappa shape index (κ1) is 16.4. The number of hydrogen-bond acceptors (Lipinski definition) is 3. The fraction of sp³-hybridized carbons (Fsp3) is 0.722. The maximum Gasteiger partial charge on any atom is 0.318 e. The number of nitrogens with zero attached hydrogens (tertiary/aromatic N) is 2. The Bertz CT molecular complexity index is 521. The van der Waals surface area contributed by atoms with E-state index in [4.69, 9.17) is 4.42 Å². The molecule has 2 aliphatic rings. The minimum atomic E-state index is -0.118. The van der Waals surface area contributed by atoms with Gasteiger partial charge in [0.15, 0.2) is 0 Å². The van der Waals surface area contributed by atoms with Gasteiger partial charge in [-0.1, -0.05) is 20.8 Å². The van der Waals surface area contributed by atoms with Gasteiger partial charge in [0, 0.05) is 25.7 Å². The van der Waals surface area contributed by atoms with Crippen LogP contribution in [0.1, 0.15) is 51.8 Å². The molecule has 1 N–H and O–H groups in total. The van der Waals surface area contributed by atoms with Crippen LogP contribution >= 0.6 is 0 Å². The first-order chi connectivity index (χ1) is 10.9. The second kappa shape index (κ2) is 6.56. The molecule has 1 aromatic heterocycles. The fourth-order valence-electron chi connectivity index (χ4n) is 3.78. The van der Waals surface area contributed by atoms with Gasteiger partial charge >= 0.3 is 6.03 Å². The molecule has 5 heteroatoms. The van der Waals surface area contributed by atoms with Gasteiger partial charge in [-0.25, -0.2) is 4.79 Å². The highest BCUT2D eigenvalue weighted by molar-refractivity contribution is 5.74. The van der Waals surface area contributed by atoms with E-state index in [9.17, 15) is 4.79 Å². The normalized spacial score (nSPS) is 24.1. The summed E-state index contributed by atoms with van der Waals surface area (Å²) in [6, 6.07) is 4.28. The molecule has 0 radical (unpaired) electrons. The van der Waals surface area contributed by atoms with Crippen LogP contribution < -0.4 is 5.32 Å². The molecule has 3 heterocycles. The summed E-state index contributed by atoms with van der Waals surface area (Å²) in [7, 11) is 0. The Kier molecular flexibility index (Phi) is 4.67. The van der Waals surface area contributed by atoms with Crippen molar-refractivity contribution in [2.24, 2.45) is 5.41 Å². The summed E-state index contributed by atoms with van der Waals surface area (Å²) in [6.07, 6.45) is 5.20. The lowest BCUT2D eigenvalue weighted by molar-refractivity contribution is 0.167. The Morgan fingerprint density at radius 1 is 1.30 bits per heavy atom. The van der Waals surface area contributed by atoms with Crippen LogP contribution in [0.5, 0.6) is 0 Å². The van der Waals surface area contributed by atoms with E-state index in [-0.39, 0.29) is 17.5 Å². The van der Waals surface area contributed by atoms with Crippen molar-refractivity contribution in [2.75, 3.05) is 26.2 Å². The molecule has 2 amide bonds. The molecule has 2 atom stereocenters. The molecule has 3 rings (SSSR count). The number of urea groups is 1. The lowest BCUT2D eigenvalue weighted by Gasteiger charge is -2.33. The number of fused-ring (bicyclic) bond motifs is 1. The molecule has 0 saturated carbocycles. The predicted molar refractivity (Wildman–Crippen MR) is 90.2 cm³/mol. The van der Waals surface area contributed by atoms with Crippen LogP contribution in [0.2, 0.25) is 0 Å². The van der Waals surface area contributed by atoms with Crippen molar-refractivity contribution in [3.8, 4) is 0 Å². The molecule has 2 aliphatic heterocycles. The largest absolute Gasteiger partial charge is 0.467 e. The van der Waals surface area contributed by atoms with E-state index >= 15 is 0 Å². The van der Waals surface area contributed by atoms with Crippen LogP contribution in [-0.4, -0.2) is 48.1 Å². The SMILES string of the molecule is CC(C)(C)[C@H](NC(=O)N1CCCN2CCC[C@@H]2C1)c1ccco1. The van der Waals surface area contributed by atoms with Crippen molar-refractivity contribution in [1.82, 2.24) is 15.1 Å². The summed E-state index contributed by atoms with van der Waals surface area (Å²) in [5.74, 6) is 0.822. The second-order valence-corrected chi connectivity index (χ2v) is 7.90. The molecule has 23 heavy (non-hydrogen) atoms. The molecular formula is C18H29N3O2. The van der Waals surface area contributed by atoms with Crippen LogP contribution in [0.25, 0.3) is 0 Å². The zero-order chi connectivity index (χ0) is 16.4. The van der Waals surface area contributed by atoms with Gasteiger partial charge in [0.1, 0.15) is 5.76 Å². The van der Waals surface area contributed by atoms with Crippen LogP contribution in [0.15, 0.2) is 22.8 Å². The van der Waals surface area contributed by atoms with Crippen molar-refractivity contribution in [1.29, 1.82) is 0 Å². The maximum atomic E-state index is 12.8. The molecule has 0 unspecified atom stereocenters. The van der Waals surface area contributed by atoms with E-state index in [1.807, 2.05) is 17.0 Å². The minimum Gasteiger partial charge on any atom is -0.467 e. The van der Waals surface area contributed by atoms with Gasteiger partial charge in [-0.05, 0) is 43.4 Å². The van der Waals surface area contributed by atoms with Crippen LogP contribution in [0.3, 0.4) is 0 Å². The quantitative estimate of drug-likeness (QED) is 0.910. The fourth-order valence-corrected chi connectivity index (χ4v) is 3.78. The summed E-state index contributed by atoms with van der Waals surface area (Å²) in [5, 5.41) is 3.21. The van der Waals surface area contributed by atoms with Gasteiger partial charge in [0.05, 0.1) is 12.3 Å². The average Bonchev–Trinajstić information content (AvgIpc) is 3.11. The molecule has 2 fully saturated rings. The molecule has 0 bridgehead atoms. The van der Waals surface area contributed by atoms with Gasteiger partial charge in [-0.15, -0.1) is 0 Å². The third-order valence-corrected chi connectivity index (χ3v) is 5.05. The molecular weight excluding hydrogens is 290 g/mol. The van der Waals surface area contributed by atoms with Crippen LogP contribution in [0, 0.1) is 5.41 Å². The number of nitrogens with one attached hydrogen (secondary N) is 1. The Morgan fingerprint density at radius 2 is 2.09 bits per heavy atom. The highest BCUT2D eigenvalue weighted by Gasteiger charge is 2.34. The molecule has 0 spiro atoms. The summed E-state index contributed by atoms with van der Waals surface area (Å²) in [4.78, 5) is 17.4. The Hall–Kier alpha value is -1.49. The van der Waals surface area contributed by atoms with E-state index in [1.165, 1.54) is 19.4 Å². The maximum absolute atomic E-state index is 12.8. The lowest BCUT2D eigenvalue weighted by Crippen LogP contribution is -2.47. The Balaban J connectivity index is 1.69. The number of amides is 2. The van der Waals surface area contributed by atoms with E-state index in [0.717, 1.165) is 31.8 Å². The first-order valence-electron chi connectivity index (χ1n) is 8.78. The summed E-state index contributed by atoms with van der Waals surface area (Å²) in [6.45, 7) is 10.4. The van der Waals surface area contributed by atoms with E-state index in [1.54, 1.807) is 6.26 Å². The summed E-state index contributed by atoms with van der Waals surface area (Å²) >= 11 is 0. The number of carbonyl (C=O) groups excluding carboxylic acids is 1. The van der Waals surface area contributed by atoms with Crippen LogP contribution in [0.4, 0.5) is 4.79 Å². The third kappa shape index (κ3) is 3.71. The molecule has 128 valence electrons. The predicted octanol–water partition coefficient (Wildman–Crippen LogP) is 3.25. The average molecular weight is 319 g/mol. The minimum absolute atomic E-state index is 0.0371. The van der Waals surface area contributed by atoms with Crippen molar-refractivity contribution in [2.45, 2.75) is 52.1 Å². The van der Waals surface area contributed by atoms with Gasteiger partial charge in [-0.2, -0.15) is 0 Å². The second-order valence-electron chi connectivity index (χ2n) is 7.90. The van der Waals surface area contributed by atoms with Crippen molar-refractivity contribution in [3.63, 3.8) is 0 Å². The van der Waals surface area contributed by atoms with Crippen molar-refractivity contribution in [3.05, 3.63) is 24.2 Å². The smallest absolute Gasteiger partial charge is 0.318 e. The molecule has 2 saturated heterocycles. The topological polar surface area (TPSA) is 48.7 Å². The van der Waals surface area contributed by atoms with Crippen molar-refractivity contribution >= 4 is 6.03 Å². The number of hydrogen-bond donors (Lipinski definition) is 1. The molecule has 0 aliphatic carbocycles. The third-order valence-electron chi connectivity index (χ3n) is 5.05. The molecule has 1 aromatic rings. The number of rotatable bonds is 2. The monoisotopic (exact) mass is 319 g/mol. The highest BCUT2D eigenvalue weighted by Crippen LogP contribution is 2.33. The highest BCUT2D eigenvalue weighted by atomic mass is 16.3. The zero-order valence-electron chi connectivity index (χ0n) is 14.5. The molecule has 0 aromatic carbocycles. The van der Waals surface area contributed by atoms with Crippen molar-refractivity contribution < 1.29 is 9.21 Å². The summed E-state index contributed by atoms with van der Waals surface area (Å²) < 4.78 is 5.56. The first-order valence-corrected chi connectivity index (χ1v) is 8.78. The molecule has 5 nitrogen and oxygen atoms in total. The zero-order valence-corrected chi connectivity index (χ0v) is 14.5. The Morgan fingerprint density at radius 3 is 2.78 bits per heavy atom.